The number of aliphatic carboxylic acids is 2. The molecule has 0 amide bonds. The molecule has 5 heteroatoms. The Morgan fingerprint density at radius 3 is 1.09 bits per heavy atom. The molecule has 0 aromatic rings. The van der Waals surface area contributed by atoms with Crippen LogP contribution in [0.4, 0.5) is 0 Å². The predicted molar refractivity (Wildman–Crippen MR) is 86.0 cm³/mol. The number of rotatable bonds is 14. The molecule has 0 aromatic heterocycles. The van der Waals surface area contributed by atoms with Gasteiger partial charge < -0.3 is 19.8 Å². The molecule has 0 saturated heterocycles. The minimum atomic E-state index is -0.916. The van der Waals surface area contributed by atoms with Gasteiger partial charge in [-0.2, -0.15) is 0 Å². The number of unbranched alkanes of at least 4 members (excludes halogenated alkanes) is 10. The largest absolute Gasteiger partial charge is 2.00 e. The van der Waals surface area contributed by atoms with Crippen molar-refractivity contribution in [2.24, 2.45) is 0 Å². The Hall–Kier alpha value is -0.566. The maximum Gasteiger partial charge on any atom is 2.00 e. The summed E-state index contributed by atoms with van der Waals surface area (Å²) in [5.74, 6) is -1.83. The van der Waals surface area contributed by atoms with E-state index < -0.39 is 11.9 Å². The van der Waals surface area contributed by atoms with Gasteiger partial charge in [-0.15, -0.1) is 0 Å². The average molecular weight is 373 g/mol. The summed E-state index contributed by atoms with van der Waals surface area (Å²) in [7, 11) is 0. The fraction of sp³-hybridized carbons (Fsp3) is 0.889. The molecule has 0 bridgehead atoms. The summed E-state index contributed by atoms with van der Waals surface area (Å²) in [5.41, 5.74) is 0. The van der Waals surface area contributed by atoms with Crippen molar-refractivity contribution < 1.29 is 36.3 Å². The molecule has 0 fully saturated rings. The predicted octanol–water partition coefficient (Wildman–Crippen LogP) is 2.97. The summed E-state index contributed by atoms with van der Waals surface area (Å²) in [6.07, 6.45) is 13.9. The zero-order valence-electron chi connectivity index (χ0n) is 14.8. The molecular weight excluding hydrogens is 339 g/mol. The second-order valence-electron chi connectivity index (χ2n) is 5.78. The minimum Gasteiger partial charge on any atom is -0.550 e. The first kappa shape index (κ1) is 27.3. The van der Waals surface area contributed by atoms with Gasteiger partial charge in [0.15, 0.2) is 0 Å². The third kappa shape index (κ3) is 34.0. The Kier molecular flexibility index (Phi) is 28.1. The molecule has 0 atom stereocenters. The first-order valence-electron chi connectivity index (χ1n) is 8.94. The standard InChI is InChI=1S/2C9H18O2.Ni/c2*1-2-3-4-5-6-7-8-9(10)11;/h2*2-8H2,1H3,(H,10,11);/q;;+2/p-2. The summed E-state index contributed by atoms with van der Waals surface area (Å²) in [6.45, 7) is 4.34. The summed E-state index contributed by atoms with van der Waals surface area (Å²) >= 11 is 0. The van der Waals surface area contributed by atoms with Crippen LogP contribution in [0.3, 0.4) is 0 Å². The Balaban J connectivity index is -0.000000333. The Bertz CT molecular complexity index is 231. The molecule has 0 rings (SSSR count). The van der Waals surface area contributed by atoms with Crippen LogP contribution in [-0.4, -0.2) is 11.9 Å². The number of hydrogen-bond acceptors (Lipinski definition) is 4. The van der Waals surface area contributed by atoms with Crippen LogP contribution in [0.15, 0.2) is 0 Å². The SMILES string of the molecule is CCCCCCCCC(=O)[O-].CCCCCCCCC(=O)[O-].[Ni+2]. The van der Waals surface area contributed by atoms with E-state index in [4.69, 9.17) is 0 Å². The number of hydrogen-bond donors (Lipinski definition) is 0. The Morgan fingerprint density at radius 2 is 0.826 bits per heavy atom. The number of carboxylic acid groups (broad SMARTS) is 2. The smallest absolute Gasteiger partial charge is 0.550 e. The van der Waals surface area contributed by atoms with Crippen molar-refractivity contribution in [1.29, 1.82) is 0 Å². The van der Waals surface area contributed by atoms with Crippen LogP contribution < -0.4 is 10.2 Å². The normalized spacial score (nSPS) is 9.48. The van der Waals surface area contributed by atoms with Gasteiger partial charge in [0.25, 0.3) is 0 Å². The van der Waals surface area contributed by atoms with Gasteiger partial charge in [-0.05, 0) is 25.7 Å². The zero-order chi connectivity index (χ0) is 17.1. The molecule has 0 N–H and O–H groups in total. The molecular formula is C18H34NiO4. The van der Waals surface area contributed by atoms with Gasteiger partial charge >= 0.3 is 16.5 Å². The summed E-state index contributed by atoms with van der Waals surface area (Å²) < 4.78 is 0. The topological polar surface area (TPSA) is 80.3 Å². The number of carbonyl (C=O) groups excluding carboxylic acids is 2. The molecule has 0 radical (unpaired) electrons. The zero-order valence-corrected chi connectivity index (χ0v) is 15.8. The molecule has 0 spiro atoms. The summed E-state index contributed by atoms with van der Waals surface area (Å²) in [6, 6.07) is 0. The minimum absolute atomic E-state index is 0. The molecule has 0 aliphatic rings. The molecule has 0 unspecified atom stereocenters. The van der Waals surface area contributed by atoms with Crippen LogP contribution in [0.5, 0.6) is 0 Å². The maximum atomic E-state index is 9.98. The van der Waals surface area contributed by atoms with Crippen molar-refractivity contribution in [2.75, 3.05) is 0 Å². The fourth-order valence-corrected chi connectivity index (χ4v) is 2.10. The van der Waals surface area contributed by atoms with E-state index in [1.807, 2.05) is 0 Å². The van der Waals surface area contributed by atoms with Crippen LogP contribution in [0, 0.1) is 0 Å². The van der Waals surface area contributed by atoms with E-state index >= 15 is 0 Å². The molecule has 0 aliphatic carbocycles. The van der Waals surface area contributed by atoms with Crippen molar-refractivity contribution in [2.45, 2.75) is 104 Å². The first-order chi connectivity index (χ1) is 10.5. The van der Waals surface area contributed by atoms with E-state index in [0.29, 0.717) is 0 Å². The van der Waals surface area contributed by atoms with E-state index in [1.54, 1.807) is 0 Å². The maximum absolute atomic E-state index is 9.98. The number of carboxylic acids is 2. The third-order valence-electron chi connectivity index (χ3n) is 3.47. The van der Waals surface area contributed by atoms with Gasteiger partial charge in [0.05, 0.1) is 0 Å². The van der Waals surface area contributed by atoms with Crippen molar-refractivity contribution in [3.8, 4) is 0 Å². The van der Waals surface area contributed by atoms with Crippen LogP contribution in [0.25, 0.3) is 0 Å². The van der Waals surface area contributed by atoms with E-state index in [0.717, 1.165) is 25.7 Å². The average Bonchev–Trinajstić information content (AvgIpc) is 2.46. The molecule has 4 nitrogen and oxygen atoms in total. The molecule has 140 valence electrons. The van der Waals surface area contributed by atoms with Gasteiger partial charge in [0, 0.05) is 11.9 Å². The van der Waals surface area contributed by atoms with Gasteiger partial charge in [0.1, 0.15) is 0 Å². The van der Waals surface area contributed by atoms with Gasteiger partial charge in [-0.1, -0.05) is 78.1 Å². The Labute approximate surface area is 152 Å². The number of carbonyl (C=O) groups is 2. The van der Waals surface area contributed by atoms with E-state index in [9.17, 15) is 19.8 Å². The second-order valence-corrected chi connectivity index (χ2v) is 5.78. The molecule has 0 heterocycles. The van der Waals surface area contributed by atoms with Crippen molar-refractivity contribution in [3.05, 3.63) is 0 Å². The van der Waals surface area contributed by atoms with Crippen LogP contribution in [-0.2, 0) is 26.1 Å². The van der Waals surface area contributed by atoms with Crippen molar-refractivity contribution in [3.63, 3.8) is 0 Å². The first-order valence-corrected chi connectivity index (χ1v) is 8.94. The fourth-order valence-electron chi connectivity index (χ4n) is 2.10. The molecule has 0 aromatic carbocycles. The van der Waals surface area contributed by atoms with Crippen molar-refractivity contribution in [1.82, 2.24) is 0 Å². The molecule has 23 heavy (non-hydrogen) atoms. The van der Waals surface area contributed by atoms with E-state index in [2.05, 4.69) is 13.8 Å². The van der Waals surface area contributed by atoms with Crippen molar-refractivity contribution >= 4 is 11.9 Å². The Morgan fingerprint density at radius 1 is 0.565 bits per heavy atom. The monoisotopic (exact) mass is 372 g/mol. The van der Waals surface area contributed by atoms with E-state index in [-0.39, 0.29) is 29.3 Å². The van der Waals surface area contributed by atoms with E-state index in [1.165, 1.54) is 51.4 Å². The third-order valence-corrected chi connectivity index (χ3v) is 3.47. The van der Waals surface area contributed by atoms with Gasteiger partial charge in [0.2, 0.25) is 0 Å². The summed E-state index contributed by atoms with van der Waals surface area (Å²) in [4.78, 5) is 20.0. The molecule has 0 saturated carbocycles. The molecule has 0 aliphatic heterocycles. The van der Waals surface area contributed by atoms with Crippen LogP contribution in [0.1, 0.15) is 104 Å². The van der Waals surface area contributed by atoms with Crippen LogP contribution >= 0.6 is 0 Å². The quantitative estimate of drug-likeness (QED) is 0.346. The van der Waals surface area contributed by atoms with Gasteiger partial charge in [-0.3, -0.25) is 0 Å². The second kappa shape index (κ2) is 23.7. The summed E-state index contributed by atoms with van der Waals surface area (Å²) in [5, 5.41) is 20.0. The van der Waals surface area contributed by atoms with Gasteiger partial charge in [-0.25, -0.2) is 0 Å². The van der Waals surface area contributed by atoms with Crippen LogP contribution in [0.2, 0.25) is 0 Å².